The Morgan fingerprint density at radius 3 is 1.35 bits per heavy atom. The van der Waals surface area contributed by atoms with Crippen molar-refractivity contribution in [3.8, 4) is 5.75 Å². The first-order valence-corrected chi connectivity index (χ1v) is 7.66. The van der Waals surface area contributed by atoms with Crippen molar-refractivity contribution in [2.24, 2.45) is 0 Å². The van der Waals surface area contributed by atoms with Gasteiger partial charge in [-0.2, -0.15) is 0 Å². The van der Waals surface area contributed by atoms with Crippen molar-refractivity contribution >= 4 is 11.2 Å². The van der Waals surface area contributed by atoms with Gasteiger partial charge in [-0.1, -0.05) is 54.6 Å². The number of hydrogen-bond donors (Lipinski definition) is 0. The fourth-order valence-electron chi connectivity index (χ4n) is 1.89. The average Bonchev–Trinajstić information content (AvgIpc) is 2.55. The summed E-state index contributed by atoms with van der Waals surface area (Å²) in [5.74, 6) is 0.892. The maximum absolute atomic E-state index is 6.21. The highest BCUT2D eigenvalue weighted by Crippen LogP contribution is 2.26. The van der Waals surface area contributed by atoms with Crippen LogP contribution in [0.1, 0.15) is 0 Å². The Bertz CT molecular complexity index is 599. The Hall–Kier alpha value is -2.19. The minimum Gasteiger partial charge on any atom is -0.274 e. The Balaban J connectivity index is 1.96. The lowest BCUT2D eigenvalue weighted by atomic mass is 10.3. The van der Waals surface area contributed by atoms with E-state index in [9.17, 15) is 0 Å². The summed E-state index contributed by atoms with van der Waals surface area (Å²) in [6.45, 7) is 0. The zero-order valence-corrected chi connectivity index (χ0v) is 11.8. The van der Waals surface area contributed by atoms with Gasteiger partial charge in [-0.25, -0.2) is 0 Å². The Morgan fingerprint density at radius 2 is 0.900 bits per heavy atom. The SMILES string of the molecule is c1ccc(O[S+](c2ccccc2)c2ccccc2)cc1. The lowest BCUT2D eigenvalue weighted by Crippen LogP contribution is -2.11. The monoisotopic (exact) mass is 279 g/mol. The van der Waals surface area contributed by atoms with Gasteiger partial charge in [0.15, 0.2) is 5.75 Å². The van der Waals surface area contributed by atoms with Crippen LogP contribution in [-0.2, 0) is 11.2 Å². The van der Waals surface area contributed by atoms with Crippen LogP contribution < -0.4 is 4.18 Å². The van der Waals surface area contributed by atoms with Gasteiger partial charge in [0.2, 0.25) is 9.79 Å². The van der Waals surface area contributed by atoms with E-state index in [1.54, 1.807) is 0 Å². The highest BCUT2D eigenvalue weighted by molar-refractivity contribution is 7.92. The maximum Gasteiger partial charge on any atom is 0.273 e. The molecule has 0 radical (unpaired) electrons. The van der Waals surface area contributed by atoms with Crippen molar-refractivity contribution in [3.05, 3.63) is 91.0 Å². The molecule has 0 amide bonds. The third-order valence-corrected chi connectivity index (χ3v) is 4.60. The molecule has 0 heterocycles. The normalized spacial score (nSPS) is 10.4. The molecule has 2 heteroatoms. The van der Waals surface area contributed by atoms with Gasteiger partial charge in [-0.05, 0) is 36.4 Å². The van der Waals surface area contributed by atoms with E-state index in [0.717, 1.165) is 5.75 Å². The first-order chi connectivity index (χ1) is 9.93. The van der Waals surface area contributed by atoms with Crippen LogP contribution in [0.2, 0.25) is 0 Å². The van der Waals surface area contributed by atoms with E-state index < -0.39 is 11.2 Å². The van der Waals surface area contributed by atoms with Crippen molar-refractivity contribution in [2.45, 2.75) is 9.79 Å². The summed E-state index contributed by atoms with van der Waals surface area (Å²) < 4.78 is 6.21. The van der Waals surface area contributed by atoms with Crippen molar-refractivity contribution in [1.29, 1.82) is 0 Å². The number of benzene rings is 3. The molecule has 0 saturated carbocycles. The quantitative estimate of drug-likeness (QED) is 0.628. The number of hydrogen-bond acceptors (Lipinski definition) is 1. The molecular weight excluding hydrogens is 264 g/mol. The van der Waals surface area contributed by atoms with Crippen molar-refractivity contribution in [2.75, 3.05) is 0 Å². The molecule has 20 heavy (non-hydrogen) atoms. The van der Waals surface area contributed by atoms with Gasteiger partial charge < -0.3 is 0 Å². The minimum absolute atomic E-state index is 0.402. The van der Waals surface area contributed by atoms with Gasteiger partial charge in [0.1, 0.15) is 0 Å². The van der Waals surface area contributed by atoms with E-state index in [2.05, 4.69) is 24.3 Å². The predicted molar refractivity (Wildman–Crippen MR) is 83.9 cm³/mol. The van der Waals surface area contributed by atoms with Crippen molar-refractivity contribution in [1.82, 2.24) is 0 Å². The van der Waals surface area contributed by atoms with E-state index in [4.69, 9.17) is 4.18 Å². The van der Waals surface area contributed by atoms with Gasteiger partial charge in [-0.3, -0.25) is 4.18 Å². The van der Waals surface area contributed by atoms with Crippen LogP contribution >= 0.6 is 0 Å². The summed E-state index contributed by atoms with van der Waals surface area (Å²) in [6.07, 6.45) is 0. The Morgan fingerprint density at radius 1 is 0.500 bits per heavy atom. The highest BCUT2D eigenvalue weighted by atomic mass is 32.2. The van der Waals surface area contributed by atoms with Crippen LogP contribution in [0.5, 0.6) is 5.75 Å². The topological polar surface area (TPSA) is 9.23 Å². The van der Waals surface area contributed by atoms with Gasteiger partial charge >= 0.3 is 0 Å². The third kappa shape index (κ3) is 3.03. The second kappa shape index (κ2) is 6.31. The summed E-state index contributed by atoms with van der Waals surface area (Å²) in [7, 11) is 0. The largest absolute Gasteiger partial charge is 0.274 e. The van der Waals surface area contributed by atoms with Crippen LogP contribution in [0.15, 0.2) is 101 Å². The average molecular weight is 279 g/mol. The summed E-state index contributed by atoms with van der Waals surface area (Å²) in [4.78, 5) is 2.37. The van der Waals surface area contributed by atoms with Gasteiger partial charge in [-0.15, -0.1) is 0 Å². The van der Waals surface area contributed by atoms with Gasteiger partial charge in [0.25, 0.3) is 11.2 Å². The lowest BCUT2D eigenvalue weighted by molar-refractivity contribution is 0.625. The van der Waals surface area contributed by atoms with Crippen LogP contribution in [0, 0.1) is 0 Å². The fraction of sp³-hybridized carbons (Fsp3) is 0. The molecule has 0 aliphatic heterocycles. The number of para-hydroxylation sites is 1. The predicted octanol–water partition coefficient (Wildman–Crippen LogP) is 4.72. The van der Waals surface area contributed by atoms with Gasteiger partial charge in [0.05, 0.1) is 0 Å². The minimum atomic E-state index is -0.402. The molecule has 0 fully saturated rings. The molecule has 0 unspecified atom stereocenters. The molecule has 0 N–H and O–H groups in total. The Labute approximate surface area is 122 Å². The van der Waals surface area contributed by atoms with E-state index >= 15 is 0 Å². The van der Waals surface area contributed by atoms with E-state index in [-0.39, 0.29) is 0 Å². The molecule has 1 nitrogen and oxygen atoms in total. The summed E-state index contributed by atoms with van der Waals surface area (Å²) in [5.41, 5.74) is 0. The van der Waals surface area contributed by atoms with Crippen LogP contribution in [0.3, 0.4) is 0 Å². The molecule has 0 bridgehead atoms. The second-order valence-electron chi connectivity index (χ2n) is 4.29. The third-order valence-electron chi connectivity index (χ3n) is 2.84. The molecule has 98 valence electrons. The maximum atomic E-state index is 6.21. The Kier molecular flexibility index (Phi) is 4.04. The number of rotatable bonds is 4. The summed E-state index contributed by atoms with van der Waals surface area (Å²) in [6, 6.07) is 30.7. The van der Waals surface area contributed by atoms with Crippen molar-refractivity contribution < 1.29 is 4.18 Å². The van der Waals surface area contributed by atoms with E-state index in [1.807, 2.05) is 66.7 Å². The van der Waals surface area contributed by atoms with Gasteiger partial charge in [0, 0.05) is 0 Å². The summed E-state index contributed by atoms with van der Waals surface area (Å²) in [5, 5.41) is 0. The fourth-order valence-corrected chi connectivity index (χ4v) is 3.47. The molecule has 3 rings (SSSR count). The molecule has 0 aromatic heterocycles. The molecular formula is C18H15OS+. The molecule has 0 spiro atoms. The lowest BCUT2D eigenvalue weighted by Gasteiger charge is -2.06. The zero-order valence-electron chi connectivity index (χ0n) is 11.0. The molecule has 0 saturated heterocycles. The first-order valence-electron chi connectivity index (χ1n) is 6.51. The molecule has 0 atom stereocenters. The molecule has 0 aliphatic rings. The van der Waals surface area contributed by atoms with Crippen LogP contribution in [-0.4, -0.2) is 0 Å². The highest BCUT2D eigenvalue weighted by Gasteiger charge is 2.29. The first kappa shape index (κ1) is 12.8. The smallest absolute Gasteiger partial charge is 0.273 e. The van der Waals surface area contributed by atoms with Crippen molar-refractivity contribution in [3.63, 3.8) is 0 Å². The van der Waals surface area contributed by atoms with Crippen LogP contribution in [0.4, 0.5) is 0 Å². The molecule has 0 aliphatic carbocycles. The second-order valence-corrected chi connectivity index (χ2v) is 5.94. The van der Waals surface area contributed by atoms with E-state index in [1.165, 1.54) is 9.79 Å². The molecule has 3 aromatic carbocycles. The zero-order chi connectivity index (χ0) is 13.6. The van der Waals surface area contributed by atoms with E-state index in [0.29, 0.717) is 0 Å². The van der Waals surface area contributed by atoms with Crippen LogP contribution in [0.25, 0.3) is 0 Å². The summed E-state index contributed by atoms with van der Waals surface area (Å²) >= 11 is -0.402. The molecule has 3 aromatic rings. The standard InChI is InChI=1S/C18H15OS/c1-4-10-16(11-5-1)19-20(17-12-6-2-7-13-17)18-14-8-3-9-15-18/h1-15H/q+1.